The van der Waals surface area contributed by atoms with Crippen LogP contribution in [0.5, 0.6) is 0 Å². The number of rotatable bonds is 44. The van der Waals surface area contributed by atoms with Gasteiger partial charge in [0.25, 0.3) is 0 Å². The molecule has 1 aliphatic rings. The Labute approximate surface area is 464 Å². The predicted octanol–water partition coefficient (Wildman–Crippen LogP) is 22.8. The van der Waals surface area contributed by atoms with Crippen LogP contribution in [0.15, 0.2) is 47.5 Å². The maximum Gasteiger partial charge on any atom is 0.211 e. The second-order valence-corrected chi connectivity index (χ2v) is 22.0. The van der Waals surface area contributed by atoms with Crippen LogP contribution < -0.4 is 0 Å². The number of nitrogens with zero attached hydrogens (tertiary/aromatic N) is 2. The first-order chi connectivity index (χ1) is 35.5. The van der Waals surface area contributed by atoms with Crippen molar-refractivity contribution in [2.24, 2.45) is 0 Å². The van der Waals surface area contributed by atoms with Gasteiger partial charge in [0.15, 0.2) is 0 Å². The standard InChI is InChI=1S/C70H112N2.Ni/c1-7-13-18-22-24-26-28-30-32-34-36-38-40-42-44-48-52-63-57-55-61(50-46-20-15-9-3)59-67(63)69-65(12-6)66(54-17-11-5)70(72(69)71)68-60-62(51-47-21-16-10-4)56-58-64(68)53-49-45-43-41-39-37-35-33-31-29-27-25-23-19-14-8-2;/h55-60H,7-41,46-54H2,1-6H3;. The minimum Gasteiger partial charge on any atom is -0.493 e. The summed E-state index contributed by atoms with van der Waals surface area (Å²) in [5, 5.41) is 0. The van der Waals surface area contributed by atoms with Gasteiger partial charge < -0.3 is 5.53 Å². The molecule has 3 rings (SSSR count). The van der Waals surface area contributed by atoms with Crippen molar-refractivity contribution in [3.63, 3.8) is 0 Å². The zero-order valence-corrected chi connectivity index (χ0v) is 49.8. The first kappa shape index (κ1) is 66.2. The summed E-state index contributed by atoms with van der Waals surface area (Å²) in [6, 6.07) is 14.4. The van der Waals surface area contributed by atoms with Crippen LogP contribution in [0.25, 0.3) is 16.9 Å². The molecule has 73 heavy (non-hydrogen) atoms. The molecule has 0 amide bonds. The fourth-order valence-corrected chi connectivity index (χ4v) is 11.0. The molecule has 0 unspecified atom stereocenters. The summed E-state index contributed by atoms with van der Waals surface area (Å²) in [4.78, 5) is 0. The van der Waals surface area contributed by atoms with Gasteiger partial charge in [-0.1, -0.05) is 252 Å². The van der Waals surface area contributed by atoms with Gasteiger partial charge in [0.1, 0.15) is 0 Å². The van der Waals surface area contributed by atoms with E-state index in [1.807, 2.05) is 0 Å². The molecule has 0 aromatic heterocycles. The van der Waals surface area contributed by atoms with Crippen LogP contribution in [0.3, 0.4) is 0 Å². The second-order valence-electron chi connectivity index (χ2n) is 22.0. The van der Waals surface area contributed by atoms with E-state index in [-0.39, 0.29) is 16.5 Å². The Hall–Kier alpha value is -2.87. The number of aryl methyl sites for hydroxylation is 4. The number of benzene rings is 2. The van der Waals surface area contributed by atoms with Crippen molar-refractivity contribution in [3.8, 4) is 23.7 Å². The Balaban J connectivity index is 0.0000183. The van der Waals surface area contributed by atoms with Gasteiger partial charge in [0.2, 0.25) is 11.4 Å². The molecule has 412 valence electrons. The zero-order chi connectivity index (χ0) is 51.5. The third-order valence-corrected chi connectivity index (χ3v) is 15.6. The summed E-state index contributed by atoms with van der Waals surface area (Å²) in [5.41, 5.74) is 25.5. The third-order valence-electron chi connectivity index (χ3n) is 15.6. The van der Waals surface area contributed by atoms with E-state index >= 15 is 0 Å². The predicted molar refractivity (Wildman–Crippen MR) is 319 cm³/mol. The summed E-state index contributed by atoms with van der Waals surface area (Å²) in [6.45, 7) is 13.8. The molecular weight excluding hydrogens is 927 g/mol. The fraction of sp³-hybridized carbons (Fsp3) is 0.714. The van der Waals surface area contributed by atoms with Crippen LogP contribution in [0, 0.1) is 23.7 Å². The largest absolute Gasteiger partial charge is 0.493 e. The second kappa shape index (κ2) is 45.3. The minimum atomic E-state index is 0. The van der Waals surface area contributed by atoms with Crippen molar-refractivity contribution in [1.82, 2.24) is 0 Å². The van der Waals surface area contributed by atoms with E-state index in [0.29, 0.717) is 0 Å². The number of unbranched alkanes of at least 4 members (excludes halogenated alkanes) is 31. The Morgan fingerprint density at radius 2 is 0.644 bits per heavy atom. The maximum atomic E-state index is 12.9. The van der Waals surface area contributed by atoms with Crippen LogP contribution in [0.4, 0.5) is 0 Å². The van der Waals surface area contributed by atoms with Gasteiger partial charge in [-0.05, 0) is 105 Å². The summed E-state index contributed by atoms with van der Waals surface area (Å²) >= 11 is 0. The molecule has 0 saturated heterocycles. The molecule has 2 nitrogen and oxygen atoms in total. The van der Waals surface area contributed by atoms with Crippen LogP contribution in [-0.2, 0) is 42.2 Å². The van der Waals surface area contributed by atoms with E-state index in [0.717, 1.165) is 88.4 Å². The van der Waals surface area contributed by atoms with Crippen LogP contribution >= 0.6 is 0 Å². The van der Waals surface area contributed by atoms with Gasteiger partial charge in [-0.2, -0.15) is 0 Å². The average Bonchev–Trinajstić information content (AvgIpc) is 3.68. The van der Waals surface area contributed by atoms with Gasteiger partial charge in [0.05, 0.1) is 0 Å². The summed E-state index contributed by atoms with van der Waals surface area (Å²) in [6.07, 6.45) is 54.9. The van der Waals surface area contributed by atoms with Crippen LogP contribution in [-0.4, -0.2) is 4.70 Å². The molecule has 0 fully saturated rings. The molecule has 2 aromatic carbocycles. The Kier molecular flexibility index (Phi) is 41.1. The topological polar surface area (TPSA) is 25.3 Å². The molecule has 0 radical (unpaired) electrons. The van der Waals surface area contributed by atoms with Gasteiger partial charge in [-0.3, -0.25) is 0 Å². The molecular formula is C70H112N2Ni. The Bertz CT molecular complexity index is 1920. The van der Waals surface area contributed by atoms with E-state index in [1.165, 1.54) is 250 Å². The first-order valence-electron chi connectivity index (χ1n) is 31.7. The SMILES string of the molecule is CCCCCCCCCCCCCCC#CCCc1ccc(CCCCCC)cc1C1=C(CC)C(CCCC)=C(c2cc(CCCCCC)ccc2CCC#CCCCCCCCCCCCCCC)[N+]1=[N-].[Ni]. The minimum absolute atomic E-state index is 0. The molecule has 2 aromatic rings. The van der Waals surface area contributed by atoms with Crippen molar-refractivity contribution in [2.75, 3.05) is 0 Å². The molecule has 0 aliphatic carbocycles. The monoisotopic (exact) mass is 1040 g/mol. The summed E-state index contributed by atoms with van der Waals surface area (Å²) in [5.74, 6) is 14.3. The van der Waals surface area contributed by atoms with Crippen molar-refractivity contribution < 1.29 is 21.2 Å². The quantitative estimate of drug-likeness (QED) is 0.0274. The Morgan fingerprint density at radius 3 is 1.00 bits per heavy atom. The third kappa shape index (κ3) is 28.2. The molecule has 1 heterocycles. The average molecular weight is 1040 g/mol. The van der Waals surface area contributed by atoms with E-state index < -0.39 is 0 Å². The van der Waals surface area contributed by atoms with Crippen molar-refractivity contribution in [2.45, 2.75) is 324 Å². The van der Waals surface area contributed by atoms with Gasteiger partial charge >= 0.3 is 0 Å². The van der Waals surface area contributed by atoms with Gasteiger partial charge in [0, 0.05) is 64.4 Å². The molecule has 3 heteroatoms. The van der Waals surface area contributed by atoms with Gasteiger partial charge in [-0.25, -0.2) is 4.70 Å². The number of allylic oxidation sites excluding steroid dienone is 2. The van der Waals surface area contributed by atoms with Crippen molar-refractivity contribution in [3.05, 3.63) is 86.5 Å². The molecule has 0 bridgehead atoms. The van der Waals surface area contributed by atoms with Crippen LogP contribution in [0.1, 0.15) is 332 Å². The van der Waals surface area contributed by atoms with E-state index in [9.17, 15) is 5.53 Å². The molecule has 0 N–H and O–H groups in total. The molecule has 0 atom stereocenters. The zero-order valence-electron chi connectivity index (χ0n) is 48.8. The molecule has 0 spiro atoms. The Morgan fingerprint density at radius 1 is 0.329 bits per heavy atom. The van der Waals surface area contributed by atoms with Crippen LogP contribution in [0.2, 0.25) is 0 Å². The van der Waals surface area contributed by atoms with Gasteiger partial charge in [-0.15, -0.1) is 23.7 Å². The fourth-order valence-electron chi connectivity index (χ4n) is 11.0. The van der Waals surface area contributed by atoms with E-state index in [4.69, 9.17) is 0 Å². The van der Waals surface area contributed by atoms with Crippen molar-refractivity contribution >= 4 is 11.4 Å². The maximum absolute atomic E-state index is 12.9. The molecule has 0 saturated carbocycles. The number of hydrogen-bond donors (Lipinski definition) is 0. The molecule has 1 aliphatic heterocycles. The summed E-state index contributed by atoms with van der Waals surface area (Å²) in [7, 11) is 0. The van der Waals surface area contributed by atoms with E-state index in [1.54, 1.807) is 4.70 Å². The number of hydrogen-bond acceptors (Lipinski definition) is 0. The van der Waals surface area contributed by atoms with E-state index in [2.05, 4.69) is 102 Å². The normalized spacial score (nSPS) is 12.3. The smallest absolute Gasteiger partial charge is 0.211 e. The first-order valence-corrected chi connectivity index (χ1v) is 31.7. The van der Waals surface area contributed by atoms with Crippen molar-refractivity contribution in [1.29, 1.82) is 0 Å². The summed E-state index contributed by atoms with van der Waals surface area (Å²) < 4.78 is 1.67.